The molecule has 0 heterocycles. The van der Waals surface area contributed by atoms with Crippen molar-refractivity contribution in [2.45, 2.75) is 20.8 Å². The Kier molecular flexibility index (Phi) is 6.46. The maximum Gasteiger partial charge on any atom is 0.259 e. The maximum absolute atomic E-state index is 12.0. The monoisotopic (exact) mass is 375 g/mol. The minimum Gasteiger partial charge on any atom is -0.503 e. The van der Waals surface area contributed by atoms with Crippen LogP contribution in [0.25, 0.3) is 0 Å². The molecule has 0 aromatic heterocycles. The number of anilines is 1. The Labute approximate surface area is 157 Å². The molecular weight excluding hydrogens is 354 g/mol. The van der Waals surface area contributed by atoms with Gasteiger partial charge in [-0.1, -0.05) is 29.3 Å². The van der Waals surface area contributed by atoms with Crippen LogP contribution in [0.4, 0.5) is 5.69 Å². The van der Waals surface area contributed by atoms with Gasteiger partial charge in [-0.2, -0.15) is 5.10 Å². The van der Waals surface area contributed by atoms with Gasteiger partial charge in [-0.3, -0.25) is 4.79 Å². The van der Waals surface area contributed by atoms with Crippen molar-refractivity contribution in [1.82, 2.24) is 5.43 Å². The summed E-state index contributed by atoms with van der Waals surface area (Å²) >= 11 is 5.91. The van der Waals surface area contributed by atoms with E-state index in [2.05, 4.69) is 28.0 Å². The molecule has 0 spiro atoms. The van der Waals surface area contributed by atoms with Gasteiger partial charge in [0.2, 0.25) is 0 Å². The quantitative estimate of drug-likeness (QED) is 0.532. The third-order valence-electron chi connectivity index (χ3n) is 3.78. The zero-order chi connectivity index (χ0) is 19.3. The highest BCUT2D eigenvalue weighted by molar-refractivity contribution is 6.32. The molecule has 2 aromatic rings. The molecule has 0 radical (unpaired) electrons. The fraction of sp³-hybridized carbons (Fsp3) is 0.263. The van der Waals surface area contributed by atoms with Crippen molar-refractivity contribution < 1.29 is 14.6 Å². The number of methoxy groups -OCH3 is 1. The highest BCUT2D eigenvalue weighted by atomic mass is 35.5. The first-order chi connectivity index (χ1) is 12.3. The van der Waals surface area contributed by atoms with Gasteiger partial charge in [0.15, 0.2) is 11.5 Å². The highest BCUT2D eigenvalue weighted by Crippen LogP contribution is 2.34. The number of benzene rings is 2. The Bertz CT molecular complexity index is 827. The molecule has 0 atom stereocenters. The van der Waals surface area contributed by atoms with Gasteiger partial charge in [-0.25, -0.2) is 5.43 Å². The van der Waals surface area contributed by atoms with Crippen molar-refractivity contribution in [2.75, 3.05) is 19.0 Å². The number of carbonyl (C=O) groups excluding carboxylic acids is 1. The number of ether oxygens (including phenoxy) is 1. The Morgan fingerprint density at radius 3 is 2.50 bits per heavy atom. The summed E-state index contributed by atoms with van der Waals surface area (Å²) in [6.45, 7) is 6.14. The van der Waals surface area contributed by atoms with Crippen molar-refractivity contribution in [2.24, 2.45) is 5.10 Å². The second-order valence-corrected chi connectivity index (χ2v) is 6.38. The molecular formula is C19H22ClN3O3. The van der Waals surface area contributed by atoms with Crippen LogP contribution in [0.15, 0.2) is 29.4 Å². The summed E-state index contributed by atoms with van der Waals surface area (Å²) in [7, 11) is 1.43. The molecule has 2 aromatic carbocycles. The third-order valence-corrected chi connectivity index (χ3v) is 4.06. The van der Waals surface area contributed by atoms with Crippen molar-refractivity contribution in [3.05, 3.63) is 51.5 Å². The van der Waals surface area contributed by atoms with Crippen molar-refractivity contribution in [1.29, 1.82) is 0 Å². The number of phenols is 1. The van der Waals surface area contributed by atoms with E-state index >= 15 is 0 Å². The summed E-state index contributed by atoms with van der Waals surface area (Å²) < 4.78 is 5.02. The molecule has 0 aliphatic carbocycles. The number of halogens is 1. The predicted octanol–water partition coefficient (Wildman–Crippen LogP) is 3.54. The Morgan fingerprint density at radius 2 is 1.88 bits per heavy atom. The number of carbonyl (C=O) groups is 1. The number of hydrogen-bond acceptors (Lipinski definition) is 5. The fourth-order valence-electron chi connectivity index (χ4n) is 2.67. The van der Waals surface area contributed by atoms with Crippen LogP contribution in [0.3, 0.4) is 0 Å². The van der Waals surface area contributed by atoms with E-state index in [0.717, 1.165) is 16.8 Å². The minimum absolute atomic E-state index is 0.0989. The molecule has 0 aliphatic heterocycles. The second-order valence-electron chi connectivity index (χ2n) is 5.97. The predicted molar refractivity (Wildman–Crippen MR) is 105 cm³/mol. The van der Waals surface area contributed by atoms with Gasteiger partial charge in [0.05, 0.1) is 24.9 Å². The molecule has 138 valence electrons. The van der Waals surface area contributed by atoms with Crippen LogP contribution >= 0.6 is 11.6 Å². The molecule has 0 bridgehead atoms. The highest BCUT2D eigenvalue weighted by Gasteiger charge is 2.08. The zero-order valence-electron chi connectivity index (χ0n) is 15.2. The number of phenolic OH excluding ortho intramolecular Hbond substituents is 1. The molecule has 1 amide bonds. The van der Waals surface area contributed by atoms with E-state index in [1.54, 1.807) is 6.07 Å². The first-order valence-electron chi connectivity index (χ1n) is 8.02. The number of rotatable bonds is 6. The Morgan fingerprint density at radius 1 is 1.23 bits per heavy atom. The van der Waals surface area contributed by atoms with Gasteiger partial charge in [-0.15, -0.1) is 0 Å². The molecule has 6 nitrogen and oxygen atoms in total. The Hall–Kier alpha value is -2.73. The van der Waals surface area contributed by atoms with Crippen molar-refractivity contribution in [3.8, 4) is 11.5 Å². The lowest BCUT2D eigenvalue weighted by atomic mass is 10.1. The second kappa shape index (κ2) is 8.58. The fourth-order valence-corrected chi connectivity index (χ4v) is 2.89. The average Bonchev–Trinajstić information content (AvgIpc) is 2.56. The smallest absolute Gasteiger partial charge is 0.259 e. The summed E-state index contributed by atoms with van der Waals surface area (Å²) in [4.78, 5) is 12.0. The van der Waals surface area contributed by atoms with Crippen molar-refractivity contribution in [3.63, 3.8) is 0 Å². The van der Waals surface area contributed by atoms with Crippen LogP contribution in [0.5, 0.6) is 11.5 Å². The lowest BCUT2D eigenvalue weighted by Gasteiger charge is -2.13. The molecule has 2 rings (SSSR count). The number of aryl methyl sites for hydroxylation is 3. The maximum atomic E-state index is 12.0. The molecule has 0 unspecified atom stereocenters. The largest absolute Gasteiger partial charge is 0.503 e. The van der Waals surface area contributed by atoms with E-state index in [-0.39, 0.29) is 29.0 Å². The summed E-state index contributed by atoms with van der Waals surface area (Å²) in [6, 6.07) is 7.21. The van der Waals surface area contributed by atoms with Crippen LogP contribution < -0.4 is 15.5 Å². The topological polar surface area (TPSA) is 83.0 Å². The zero-order valence-corrected chi connectivity index (χ0v) is 15.9. The van der Waals surface area contributed by atoms with Gasteiger partial charge < -0.3 is 15.2 Å². The van der Waals surface area contributed by atoms with E-state index in [9.17, 15) is 9.90 Å². The molecule has 0 fully saturated rings. The van der Waals surface area contributed by atoms with E-state index < -0.39 is 0 Å². The van der Waals surface area contributed by atoms with Gasteiger partial charge in [-0.05, 0) is 49.6 Å². The number of hydrogen-bond donors (Lipinski definition) is 3. The molecule has 3 N–H and O–H groups in total. The first-order valence-corrected chi connectivity index (χ1v) is 8.39. The number of amides is 1. The van der Waals surface area contributed by atoms with Crippen LogP contribution in [-0.4, -0.2) is 30.9 Å². The van der Waals surface area contributed by atoms with Gasteiger partial charge in [0.1, 0.15) is 0 Å². The normalized spacial score (nSPS) is 10.8. The summed E-state index contributed by atoms with van der Waals surface area (Å²) in [5.41, 5.74) is 7.34. The summed E-state index contributed by atoms with van der Waals surface area (Å²) in [5.74, 6) is -0.182. The van der Waals surface area contributed by atoms with Crippen LogP contribution in [0, 0.1) is 20.8 Å². The summed E-state index contributed by atoms with van der Waals surface area (Å²) in [5, 5.41) is 16.9. The lowest BCUT2D eigenvalue weighted by Crippen LogP contribution is -2.26. The minimum atomic E-state index is -0.280. The summed E-state index contributed by atoms with van der Waals surface area (Å²) in [6.07, 6.45) is 1.42. The molecule has 26 heavy (non-hydrogen) atoms. The third kappa shape index (κ3) is 4.89. The SMILES string of the molecule is COc1cc(/C=N/NC(=O)CNc2c(C)cc(C)cc2C)cc(Cl)c1O. The molecule has 7 heteroatoms. The standard InChI is InChI=1S/C19H22ClN3O3/c1-11-5-12(2)18(13(3)6-11)21-10-17(24)23-22-9-14-7-15(20)19(25)16(8-14)26-4/h5-9,21,25H,10H2,1-4H3,(H,23,24)/b22-9+. The van der Waals surface area contributed by atoms with Crippen LogP contribution in [0.1, 0.15) is 22.3 Å². The van der Waals surface area contributed by atoms with Crippen LogP contribution in [-0.2, 0) is 4.79 Å². The van der Waals surface area contributed by atoms with Gasteiger partial charge in [0, 0.05) is 5.69 Å². The molecule has 0 aliphatic rings. The lowest BCUT2D eigenvalue weighted by molar-refractivity contribution is -0.119. The average molecular weight is 376 g/mol. The molecule has 0 saturated heterocycles. The Balaban J connectivity index is 1.95. The van der Waals surface area contributed by atoms with E-state index in [1.165, 1.54) is 25.0 Å². The van der Waals surface area contributed by atoms with E-state index in [0.29, 0.717) is 5.56 Å². The van der Waals surface area contributed by atoms with Gasteiger partial charge >= 0.3 is 0 Å². The van der Waals surface area contributed by atoms with Gasteiger partial charge in [0.25, 0.3) is 5.91 Å². The van der Waals surface area contributed by atoms with Crippen LogP contribution in [0.2, 0.25) is 5.02 Å². The van der Waals surface area contributed by atoms with E-state index in [4.69, 9.17) is 16.3 Å². The molecule has 0 saturated carbocycles. The van der Waals surface area contributed by atoms with E-state index in [1.807, 2.05) is 20.8 Å². The first kappa shape index (κ1) is 19.6. The number of nitrogens with one attached hydrogen (secondary N) is 2. The number of nitrogens with zero attached hydrogens (tertiary/aromatic N) is 1. The van der Waals surface area contributed by atoms with Crippen molar-refractivity contribution >= 4 is 29.4 Å². The number of hydrazone groups is 1. The number of aromatic hydroxyl groups is 1.